The van der Waals surface area contributed by atoms with E-state index < -0.39 is 23.9 Å². The number of nitrogens with two attached hydrogens (primary N) is 1. The third kappa shape index (κ3) is 4.16. The number of benzene rings is 2. The van der Waals surface area contributed by atoms with Gasteiger partial charge >= 0.3 is 6.09 Å². The number of nitrogen functional groups attached to an aromatic ring is 1. The van der Waals surface area contributed by atoms with Crippen LogP contribution in [0.5, 0.6) is 0 Å². The lowest BCUT2D eigenvalue weighted by molar-refractivity contribution is 0.0184. The summed E-state index contributed by atoms with van der Waals surface area (Å²) in [5, 5.41) is 22.8. The van der Waals surface area contributed by atoms with E-state index in [0.717, 1.165) is 22.3 Å². The zero-order valence-corrected chi connectivity index (χ0v) is 16.6. The summed E-state index contributed by atoms with van der Waals surface area (Å²) in [6, 6.07) is 17.3. The molecule has 0 fully saturated rings. The van der Waals surface area contributed by atoms with Crippen LogP contribution < -0.4 is 16.6 Å². The minimum atomic E-state index is -1.34. The number of carbonyl (C=O) groups is 1. The SMILES string of the molecule is Nc1cc(C(O)C(O)CNC(=O)OCC2c3ccccc3-c3ccccc32)c[nH]c1=O. The molecule has 8 heteroatoms. The third-order valence-corrected chi connectivity index (χ3v) is 5.46. The van der Waals surface area contributed by atoms with Crippen LogP contribution in [-0.2, 0) is 4.74 Å². The Morgan fingerprint density at radius 1 is 1.10 bits per heavy atom. The molecule has 8 nitrogen and oxygen atoms in total. The number of pyridine rings is 1. The molecule has 1 amide bonds. The van der Waals surface area contributed by atoms with Crippen molar-refractivity contribution in [3.8, 4) is 11.1 Å². The van der Waals surface area contributed by atoms with Gasteiger partial charge < -0.3 is 31.0 Å². The summed E-state index contributed by atoms with van der Waals surface area (Å²) < 4.78 is 5.40. The van der Waals surface area contributed by atoms with Crippen LogP contribution in [-0.4, -0.2) is 40.5 Å². The first-order valence-corrected chi connectivity index (χ1v) is 9.88. The topological polar surface area (TPSA) is 138 Å². The van der Waals surface area contributed by atoms with E-state index in [-0.39, 0.29) is 30.3 Å². The number of aliphatic hydroxyl groups is 2. The number of rotatable bonds is 6. The molecule has 2 unspecified atom stereocenters. The number of aromatic amines is 1. The third-order valence-electron chi connectivity index (χ3n) is 5.46. The van der Waals surface area contributed by atoms with Crippen molar-refractivity contribution < 1.29 is 19.7 Å². The summed E-state index contributed by atoms with van der Waals surface area (Å²) in [5.41, 5.74) is 9.66. The minimum Gasteiger partial charge on any atom is -0.449 e. The van der Waals surface area contributed by atoms with E-state index >= 15 is 0 Å². The Morgan fingerprint density at radius 3 is 2.32 bits per heavy atom. The fourth-order valence-electron chi connectivity index (χ4n) is 3.86. The second kappa shape index (κ2) is 8.63. The van der Waals surface area contributed by atoms with E-state index in [4.69, 9.17) is 10.5 Å². The van der Waals surface area contributed by atoms with Crippen molar-refractivity contribution in [3.05, 3.63) is 87.8 Å². The summed E-state index contributed by atoms with van der Waals surface area (Å²) >= 11 is 0. The van der Waals surface area contributed by atoms with Crippen LogP contribution in [0.25, 0.3) is 11.1 Å². The van der Waals surface area contributed by atoms with Gasteiger partial charge in [-0.15, -0.1) is 0 Å². The van der Waals surface area contributed by atoms with E-state index in [1.165, 1.54) is 12.3 Å². The maximum atomic E-state index is 12.2. The Bertz CT molecular complexity index is 1110. The quantitative estimate of drug-likeness (QED) is 0.412. The molecule has 0 saturated carbocycles. The average molecular weight is 421 g/mol. The van der Waals surface area contributed by atoms with Crippen LogP contribution in [0.15, 0.2) is 65.6 Å². The molecule has 0 saturated heterocycles. The molecule has 1 heterocycles. The predicted molar refractivity (Wildman–Crippen MR) is 116 cm³/mol. The number of nitrogens with one attached hydrogen (secondary N) is 2. The number of hydrogen-bond donors (Lipinski definition) is 5. The molecule has 1 aromatic heterocycles. The van der Waals surface area contributed by atoms with E-state index in [1.807, 2.05) is 36.4 Å². The van der Waals surface area contributed by atoms with E-state index in [9.17, 15) is 19.8 Å². The van der Waals surface area contributed by atoms with E-state index in [0.29, 0.717) is 0 Å². The standard InChI is InChI=1S/C23H23N3O5/c24-19-9-13(10-25-22(19)29)21(28)20(27)11-26-23(30)31-12-18-16-7-3-1-5-14(16)15-6-2-4-8-17(15)18/h1-10,18,20-21,27-28H,11-12,24H2,(H,25,29)(H,26,30). The zero-order valence-electron chi connectivity index (χ0n) is 16.6. The first-order valence-electron chi connectivity index (χ1n) is 9.88. The molecular weight excluding hydrogens is 398 g/mol. The molecule has 6 N–H and O–H groups in total. The van der Waals surface area contributed by atoms with Gasteiger partial charge in [-0.05, 0) is 28.3 Å². The van der Waals surface area contributed by atoms with Crippen molar-refractivity contribution in [3.63, 3.8) is 0 Å². The number of fused-ring (bicyclic) bond motifs is 3. The van der Waals surface area contributed by atoms with Gasteiger partial charge in [-0.25, -0.2) is 4.79 Å². The largest absolute Gasteiger partial charge is 0.449 e. The van der Waals surface area contributed by atoms with Crippen LogP contribution in [0.2, 0.25) is 0 Å². The minimum absolute atomic E-state index is 0.0715. The van der Waals surface area contributed by atoms with Gasteiger partial charge in [0.1, 0.15) is 18.8 Å². The van der Waals surface area contributed by atoms with Crippen molar-refractivity contribution in [2.75, 3.05) is 18.9 Å². The van der Waals surface area contributed by atoms with Gasteiger partial charge in [0.2, 0.25) is 0 Å². The number of ether oxygens (including phenoxy) is 1. The van der Waals surface area contributed by atoms with Crippen LogP contribution in [0.4, 0.5) is 10.5 Å². The van der Waals surface area contributed by atoms with Gasteiger partial charge in [0.25, 0.3) is 5.56 Å². The van der Waals surface area contributed by atoms with Crippen molar-refractivity contribution in [1.29, 1.82) is 0 Å². The van der Waals surface area contributed by atoms with Crippen molar-refractivity contribution in [2.45, 2.75) is 18.1 Å². The number of alkyl carbamates (subject to hydrolysis) is 1. The normalized spacial score (nSPS) is 14.4. The van der Waals surface area contributed by atoms with Gasteiger partial charge in [-0.1, -0.05) is 48.5 Å². The molecule has 1 aliphatic rings. The Hall–Kier alpha value is -3.62. The van der Waals surface area contributed by atoms with E-state index in [2.05, 4.69) is 22.4 Å². The number of H-pyrrole nitrogens is 1. The first kappa shape index (κ1) is 20.6. The van der Waals surface area contributed by atoms with Gasteiger partial charge in [0.05, 0.1) is 5.69 Å². The highest BCUT2D eigenvalue weighted by Crippen LogP contribution is 2.44. The molecule has 0 bridgehead atoms. The number of aromatic nitrogens is 1. The average Bonchev–Trinajstić information content (AvgIpc) is 3.11. The lowest BCUT2D eigenvalue weighted by atomic mass is 9.98. The van der Waals surface area contributed by atoms with Crippen LogP contribution in [0, 0.1) is 0 Å². The van der Waals surface area contributed by atoms with Crippen molar-refractivity contribution in [2.24, 2.45) is 0 Å². The Kier molecular flexibility index (Phi) is 5.75. The van der Waals surface area contributed by atoms with Gasteiger partial charge in [0, 0.05) is 24.2 Å². The molecule has 160 valence electrons. The summed E-state index contributed by atoms with van der Waals surface area (Å²) in [4.78, 5) is 25.9. The monoisotopic (exact) mass is 421 g/mol. The first-order chi connectivity index (χ1) is 15.0. The zero-order chi connectivity index (χ0) is 22.0. The molecular formula is C23H23N3O5. The molecule has 4 rings (SSSR count). The second-order valence-electron chi connectivity index (χ2n) is 7.44. The second-order valence-corrected chi connectivity index (χ2v) is 7.44. The molecule has 0 aliphatic heterocycles. The summed E-state index contributed by atoms with van der Waals surface area (Å²) in [5.74, 6) is -0.0715. The maximum absolute atomic E-state index is 12.2. The highest BCUT2D eigenvalue weighted by molar-refractivity contribution is 5.79. The highest BCUT2D eigenvalue weighted by Gasteiger charge is 2.29. The smallest absolute Gasteiger partial charge is 0.407 e. The fourth-order valence-corrected chi connectivity index (χ4v) is 3.86. The number of aliphatic hydroxyl groups excluding tert-OH is 2. The molecule has 3 aromatic rings. The number of anilines is 1. The van der Waals surface area contributed by atoms with Crippen LogP contribution in [0.1, 0.15) is 28.7 Å². The van der Waals surface area contributed by atoms with Crippen LogP contribution in [0.3, 0.4) is 0 Å². The molecule has 0 spiro atoms. The van der Waals surface area contributed by atoms with Crippen LogP contribution >= 0.6 is 0 Å². The number of carbonyl (C=O) groups excluding carboxylic acids is 1. The van der Waals surface area contributed by atoms with Gasteiger partial charge in [0.15, 0.2) is 0 Å². The lowest BCUT2D eigenvalue weighted by Crippen LogP contribution is -2.36. The van der Waals surface area contributed by atoms with E-state index in [1.54, 1.807) is 0 Å². The Balaban J connectivity index is 1.34. The predicted octanol–water partition coefficient (Wildman–Crippen LogP) is 1.89. The molecule has 1 aliphatic carbocycles. The van der Waals surface area contributed by atoms with Gasteiger partial charge in [-0.3, -0.25) is 4.79 Å². The molecule has 0 radical (unpaired) electrons. The van der Waals surface area contributed by atoms with Crippen molar-refractivity contribution >= 4 is 11.8 Å². The Labute approximate surface area is 178 Å². The Morgan fingerprint density at radius 2 is 1.71 bits per heavy atom. The summed E-state index contributed by atoms with van der Waals surface area (Å²) in [6.45, 7) is -0.0914. The molecule has 2 atom stereocenters. The highest BCUT2D eigenvalue weighted by atomic mass is 16.5. The van der Waals surface area contributed by atoms with Crippen molar-refractivity contribution in [1.82, 2.24) is 10.3 Å². The number of hydrogen-bond acceptors (Lipinski definition) is 6. The molecule has 31 heavy (non-hydrogen) atoms. The fraction of sp³-hybridized carbons (Fsp3) is 0.217. The summed E-state index contributed by atoms with van der Waals surface area (Å²) in [7, 11) is 0. The number of amides is 1. The maximum Gasteiger partial charge on any atom is 0.407 e. The lowest BCUT2D eigenvalue weighted by Gasteiger charge is -2.19. The van der Waals surface area contributed by atoms with Gasteiger partial charge in [-0.2, -0.15) is 0 Å². The summed E-state index contributed by atoms with van der Waals surface area (Å²) in [6.07, 6.45) is -2.09. The molecule has 2 aromatic carbocycles.